The molecule has 1 fully saturated rings. The Morgan fingerprint density at radius 3 is 2.90 bits per heavy atom. The highest BCUT2D eigenvalue weighted by atomic mass is 32.2. The van der Waals surface area contributed by atoms with Gasteiger partial charge in [0.1, 0.15) is 6.61 Å². The minimum absolute atomic E-state index is 0.0854. The number of rotatable bonds is 3. The quantitative estimate of drug-likeness (QED) is 0.844. The number of aliphatic hydroxyl groups excluding tert-OH is 1. The first-order valence-electron chi connectivity index (χ1n) is 7.27. The standard InChI is InChI=1S/C17H21NO2S/c1-13-4-5-14(3-2-8-19)11-16(13)18-17(20)12-15-6-9-21-10-7-15/h4-5,11,15,19H,6-10,12H2,1H3,(H,18,20). The molecule has 3 nitrogen and oxygen atoms in total. The minimum atomic E-state index is -0.157. The second-order valence-corrected chi connectivity index (χ2v) is 6.52. The van der Waals surface area contributed by atoms with Crippen LogP contribution in [0.1, 0.15) is 30.4 Å². The lowest BCUT2D eigenvalue weighted by atomic mass is 9.98. The first-order valence-corrected chi connectivity index (χ1v) is 8.42. The fourth-order valence-corrected chi connectivity index (χ4v) is 3.59. The molecule has 2 rings (SSSR count). The van der Waals surface area contributed by atoms with Crippen molar-refractivity contribution in [2.24, 2.45) is 5.92 Å². The molecule has 1 aliphatic rings. The Morgan fingerprint density at radius 1 is 1.43 bits per heavy atom. The van der Waals surface area contributed by atoms with Crippen molar-refractivity contribution in [3.63, 3.8) is 0 Å². The summed E-state index contributed by atoms with van der Waals surface area (Å²) in [5, 5.41) is 11.7. The smallest absolute Gasteiger partial charge is 0.224 e. The Kier molecular flexibility index (Phi) is 6.16. The predicted molar refractivity (Wildman–Crippen MR) is 88.4 cm³/mol. The summed E-state index contributed by atoms with van der Waals surface area (Å²) in [5.74, 6) is 8.43. The van der Waals surface area contributed by atoms with Crippen LogP contribution >= 0.6 is 11.8 Å². The Balaban J connectivity index is 1.98. The second kappa shape index (κ2) is 8.11. The van der Waals surface area contributed by atoms with Crippen molar-refractivity contribution < 1.29 is 9.90 Å². The van der Waals surface area contributed by atoms with E-state index in [1.165, 1.54) is 11.5 Å². The molecule has 1 amide bonds. The van der Waals surface area contributed by atoms with E-state index in [4.69, 9.17) is 5.11 Å². The summed E-state index contributed by atoms with van der Waals surface area (Å²) in [7, 11) is 0. The fourth-order valence-electron chi connectivity index (χ4n) is 2.39. The molecule has 1 aromatic rings. The zero-order valence-corrected chi connectivity index (χ0v) is 13.1. The van der Waals surface area contributed by atoms with E-state index in [1.807, 2.05) is 36.9 Å². The first kappa shape index (κ1) is 15.9. The van der Waals surface area contributed by atoms with Crippen molar-refractivity contribution >= 4 is 23.4 Å². The molecule has 21 heavy (non-hydrogen) atoms. The van der Waals surface area contributed by atoms with E-state index < -0.39 is 0 Å². The third-order valence-electron chi connectivity index (χ3n) is 3.64. The molecule has 1 aromatic carbocycles. The van der Waals surface area contributed by atoms with Crippen LogP contribution in [-0.2, 0) is 4.79 Å². The molecule has 1 heterocycles. The van der Waals surface area contributed by atoms with Crippen molar-refractivity contribution in [1.29, 1.82) is 0 Å². The lowest BCUT2D eigenvalue weighted by molar-refractivity contribution is -0.117. The van der Waals surface area contributed by atoms with Gasteiger partial charge in [0, 0.05) is 17.7 Å². The number of nitrogens with one attached hydrogen (secondary N) is 1. The van der Waals surface area contributed by atoms with E-state index in [9.17, 15) is 4.79 Å². The third-order valence-corrected chi connectivity index (χ3v) is 4.69. The van der Waals surface area contributed by atoms with Crippen LogP contribution in [0.5, 0.6) is 0 Å². The molecular weight excluding hydrogens is 282 g/mol. The highest BCUT2D eigenvalue weighted by Gasteiger charge is 2.17. The van der Waals surface area contributed by atoms with Gasteiger partial charge in [-0.1, -0.05) is 17.9 Å². The van der Waals surface area contributed by atoms with E-state index in [-0.39, 0.29) is 12.5 Å². The molecule has 0 atom stereocenters. The molecule has 1 aliphatic heterocycles. The second-order valence-electron chi connectivity index (χ2n) is 5.30. The number of thioether (sulfide) groups is 1. The molecule has 0 aromatic heterocycles. The third kappa shape index (κ3) is 5.11. The van der Waals surface area contributed by atoms with Crippen LogP contribution in [-0.4, -0.2) is 29.1 Å². The number of aliphatic hydroxyl groups is 1. The lowest BCUT2D eigenvalue weighted by Gasteiger charge is -2.20. The van der Waals surface area contributed by atoms with Crippen LogP contribution in [0.4, 0.5) is 5.69 Å². The van der Waals surface area contributed by atoms with Gasteiger partial charge in [-0.2, -0.15) is 11.8 Å². The molecular formula is C17H21NO2S. The number of carbonyl (C=O) groups is 1. The first-order chi connectivity index (χ1) is 10.2. The van der Waals surface area contributed by atoms with E-state index >= 15 is 0 Å². The summed E-state index contributed by atoms with van der Waals surface area (Å²) in [4.78, 5) is 12.2. The number of hydrogen-bond donors (Lipinski definition) is 2. The fraction of sp³-hybridized carbons (Fsp3) is 0.471. The Hall–Kier alpha value is -1.44. The van der Waals surface area contributed by atoms with Crippen molar-refractivity contribution in [1.82, 2.24) is 0 Å². The number of benzene rings is 1. The maximum atomic E-state index is 12.2. The number of amides is 1. The minimum Gasteiger partial charge on any atom is -0.384 e. The van der Waals surface area contributed by atoms with E-state index in [1.54, 1.807) is 0 Å². The topological polar surface area (TPSA) is 49.3 Å². The highest BCUT2D eigenvalue weighted by molar-refractivity contribution is 7.99. The Labute approximate surface area is 130 Å². The van der Waals surface area contributed by atoms with Crippen molar-refractivity contribution in [3.8, 4) is 11.8 Å². The van der Waals surface area contributed by atoms with Gasteiger partial charge in [0.15, 0.2) is 0 Å². The highest BCUT2D eigenvalue weighted by Crippen LogP contribution is 2.26. The molecule has 1 saturated heterocycles. The van der Waals surface area contributed by atoms with Gasteiger partial charge in [0.2, 0.25) is 5.91 Å². The molecule has 0 unspecified atom stereocenters. The van der Waals surface area contributed by atoms with Gasteiger partial charge in [-0.3, -0.25) is 4.79 Å². The van der Waals surface area contributed by atoms with Gasteiger partial charge in [0.25, 0.3) is 0 Å². The molecule has 0 aliphatic carbocycles. The SMILES string of the molecule is Cc1ccc(C#CCO)cc1NC(=O)CC1CCSCC1. The molecule has 112 valence electrons. The summed E-state index contributed by atoms with van der Waals surface area (Å²) < 4.78 is 0. The largest absolute Gasteiger partial charge is 0.384 e. The number of anilines is 1. The van der Waals surface area contributed by atoms with Gasteiger partial charge < -0.3 is 10.4 Å². The van der Waals surface area contributed by atoms with Crippen LogP contribution < -0.4 is 5.32 Å². The lowest BCUT2D eigenvalue weighted by Crippen LogP contribution is -2.20. The number of aryl methyl sites for hydroxylation is 1. The van der Waals surface area contributed by atoms with Gasteiger partial charge in [-0.25, -0.2) is 0 Å². The molecule has 0 spiro atoms. The van der Waals surface area contributed by atoms with Gasteiger partial charge in [-0.15, -0.1) is 0 Å². The Bertz CT molecular complexity index is 554. The maximum Gasteiger partial charge on any atom is 0.224 e. The molecule has 4 heteroatoms. The average Bonchev–Trinajstić information content (AvgIpc) is 2.49. The zero-order chi connectivity index (χ0) is 15.1. The van der Waals surface area contributed by atoms with Crippen LogP contribution in [0, 0.1) is 24.7 Å². The van der Waals surface area contributed by atoms with Crippen LogP contribution in [0.15, 0.2) is 18.2 Å². The van der Waals surface area contributed by atoms with E-state index in [0.717, 1.165) is 29.7 Å². The van der Waals surface area contributed by atoms with Gasteiger partial charge in [0.05, 0.1) is 0 Å². The summed E-state index contributed by atoms with van der Waals surface area (Å²) >= 11 is 1.97. The summed E-state index contributed by atoms with van der Waals surface area (Å²) in [6, 6.07) is 5.70. The average molecular weight is 303 g/mol. The predicted octanol–water partition coefficient (Wildman–Crippen LogP) is 2.81. The summed E-state index contributed by atoms with van der Waals surface area (Å²) in [6.07, 6.45) is 2.88. The van der Waals surface area contributed by atoms with Crippen LogP contribution in [0.2, 0.25) is 0 Å². The maximum absolute atomic E-state index is 12.2. The normalized spacial score (nSPS) is 15.1. The zero-order valence-electron chi connectivity index (χ0n) is 12.3. The van der Waals surface area contributed by atoms with E-state index in [0.29, 0.717) is 12.3 Å². The van der Waals surface area contributed by atoms with Gasteiger partial charge in [-0.05, 0) is 54.9 Å². The van der Waals surface area contributed by atoms with Crippen LogP contribution in [0.3, 0.4) is 0 Å². The molecule has 0 bridgehead atoms. The van der Waals surface area contributed by atoms with Crippen molar-refractivity contribution in [2.75, 3.05) is 23.4 Å². The number of hydrogen-bond acceptors (Lipinski definition) is 3. The molecule has 0 saturated carbocycles. The summed E-state index contributed by atoms with van der Waals surface area (Å²) in [5.41, 5.74) is 2.64. The summed E-state index contributed by atoms with van der Waals surface area (Å²) in [6.45, 7) is 1.81. The molecule has 2 N–H and O–H groups in total. The Morgan fingerprint density at radius 2 is 2.19 bits per heavy atom. The van der Waals surface area contributed by atoms with Crippen molar-refractivity contribution in [3.05, 3.63) is 29.3 Å². The van der Waals surface area contributed by atoms with Crippen molar-refractivity contribution in [2.45, 2.75) is 26.2 Å². The monoisotopic (exact) mass is 303 g/mol. The van der Waals surface area contributed by atoms with Crippen LogP contribution in [0.25, 0.3) is 0 Å². The molecule has 0 radical (unpaired) electrons. The number of carbonyl (C=O) groups excluding carboxylic acids is 1. The van der Waals surface area contributed by atoms with E-state index in [2.05, 4.69) is 17.2 Å². The van der Waals surface area contributed by atoms with Gasteiger partial charge >= 0.3 is 0 Å².